The first kappa shape index (κ1) is 19.9. The van der Waals surface area contributed by atoms with Gasteiger partial charge in [0, 0.05) is 32.7 Å². The monoisotopic (exact) mass is 373 g/mol. The minimum Gasteiger partial charge on any atom is -0.354 e. The zero-order chi connectivity index (χ0) is 17.0. The van der Waals surface area contributed by atoms with E-state index in [0.717, 1.165) is 56.9 Å². The zero-order valence-electron chi connectivity index (χ0n) is 14.5. The Kier molecular flexibility index (Phi) is 7.04. The maximum atomic E-state index is 12.5. The maximum absolute atomic E-state index is 12.5. The smallest absolute Gasteiger partial charge is 0.325 e. The molecule has 1 saturated carbocycles. The van der Waals surface area contributed by atoms with Gasteiger partial charge in [-0.3, -0.25) is 14.5 Å². The zero-order valence-corrected chi connectivity index (χ0v) is 15.3. The molecule has 0 unspecified atom stereocenters. The molecule has 0 aromatic carbocycles. The van der Waals surface area contributed by atoms with Crippen molar-refractivity contribution in [1.82, 2.24) is 25.8 Å². The van der Waals surface area contributed by atoms with E-state index in [0.29, 0.717) is 19.4 Å². The SMILES string of the molecule is Cl.O=C(CN1C(=O)NC2(CCCC2)C1=O)NCCCN1CCNCC1. The number of piperazine rings is 1. The van der Waals surface area contributed by atoms with E-state index >= 15 is 0 Å². The van der Waals surface area contributed by atoms with E-state index in [9.17, 15) is 14.4 Å². The number of nitrogens with zero attached hydrogens (tertiary/aromatic N) is 2. The summed E-state index contributed by atoms with van der Waals surface area (Å²) in [6.45, 7) is 5.45. The third-order valence-electron chi connectivity index (χ3n) is 5.19. The molecule has 2 aliphatic heterocycles. The van der Waals surface area contributed by atoms with Gasteiger partial charge >= 0.3 is 6.03 Å². The van der Waals surface area contributed by atoms with Crippen LogP contribution in [0.2, 0.25) is 0 Å². The van der Waals surface area contributed by atoms with Gasteiger partial charge in [-0.05, 0) is 25.8 Å². The van der Waals surface area contributed by atoms with Crippen LogP contribution >= 0.6 is 12.4 Å². The summed E-state index contributed by atoms with van der Waals surface area (Å²) < 4.78 is 0. The summed E-state index contributed by atoms with van der Waals surface area (Å²) in [6, 6.07) is -0.433. The fourth-order valence-electron chi connectivity index (χ4n) is 3.80. The lowest BCUT2D eigenvalue weighted by Crippen LogP contribution is -2.46. The summed E-state index contributed by atoms with van der Waals surface area (Å²) in [5.41, 5.74) is -0.736. The number of halogens is 1. The molecule has 142 valence electrons. The first-order valence-corrected chi connectivity index (χ1v) is 8.95. The van der Waals surface area contributed by atoms with Gasteiger partial charge in [0.2, 0.25) is 5.91 Å². The van der Waals surface area contributed by atoms with Crippen molar-refractivity contribution in [3.05, 3.63) is 0 Å². The second-order valence-electron chi connectivity index (χ2n) is 6.91. The first-order valence-electron chi connectivity index (χ1n) is 8.95. The van der Waals surface area contributed by atoms with Crippen molar-refractivity contribution in [2.75, 3.05) is 45.8 Å². The Hall–Kier alpha value is -1.38. The Morgan fingerprint density at radius 1 is 1.16 bits per heavy atom. The highest BCUT2D eigenvalue weighted by molar-refractivity contribution is 6.09. The number of rotatable bonds is 6. The summed E-state index contributed by atoms with van der Waals surface area (Å²) in [5.74, 6) is -0.505. The number of carbonyl (C=O) groups excluding carboxylic acids is 3. The Balaban J connectivity index is 0.00000225. The van der Waals surface area contributed by atoms with Crippen molar-refractivity contribution in [1.29, 1.82) is 0 Å². The third-order valence-corrected chi connectivity index (χ3v) is 5.19. The molecule has 8 nitrogen and oxygen atoms in total. The Morgan fingerprint density at radius 2 is 1.84 bits per heavy atom. The second kappa shape index (κ2) is 8.82. The maximum Gasteiger partial charge on any atom is 0.325 e. The molecule has 0 atom stereocenters. The minimum atomic E-state index is -0.736. The number of imide groups is 1. The van der Waals surface area contributed by atoms with Crippen LogP contribution in [0.25, 0.3) is 0 Å². The highest BCUT2D eigenvalue weighted by atomic mass is 35.5. The molecule has 3 rings (SSSR count). The van der Waals surface area contributed by atoms with Gasteiger partial charge in [0.1, 0.15) is 12.1 Å². The van der Waals surface area contributed by atoms with Crippen molar-refractivity contribution in [2.45, 2.75) is 37.6 Å². The lowest BCUT2D eigenvalue weighted by Gasteiger charge is -2.27. The average Bonchev–Trinajstić information content (AvgIpc) is 3.14. The summed E-state index contributed by atoms with van der Waals surface area (Å²) >= 11 is 0. The summed E-state index contributed by atoms with van der Waals surface area (Å²) in [6.07, 6.45) is 4.12. The van der Waals surface area contributed by atoms with Gasteiger partial charge in [-0.2, -0.15) is 0 Å². The first-order chi connectivity index (χ1) is 11.6. The molecule has 25 heavy (non-hydrogen) atoms. The van der Waals surface area contributed by atoms with Crippen molar-refractivity contribution in [3.63, 3.8) is 0 Å². The van der Waals surface area contributed by atoms with Gasteiger partial charge in [0.25, 0.3) is 5.91 Å². The molecule has 2 saturated heterocycles. The van der Waals surface area contributed by atoms with E-state index in [4.69, 9.17) is 0 Å². The molecule has 3 aliphatic rings. The van der Waals surface area contributed by atoms with E-state index < -0.39 is 11.6 Å². The largest absolute Gasteiger partial charge is 0.354 e. The van der Waals surface area contributed by atoms with Gasteiger partial charge in [0.15, 0.2) is 0 Å². The Labute approximate surface area is 154 Å². The molecular formula is C16H28ClN5O3. The van der Waals surface area contributed by atoms with E-state index in [1.54, 1.807) is 0 Å². The lowest BCUT2D eigenvalue weighted by molar-refractivity contribution is -0.134. The highest BCUT2D eigenvalue weighted by Crippen LogP contribution is 2.34. The fourth-order valence-corrected chi connectivity index (χ4v) is 3.80. The molecule has 1 spiro atoms. The van der Waals surface area contributed by atoms with Crippen LogP contribution in [-0.4, -0.2) is 79.0 Å². The predicted molar refractivity (Wildman–Crippen MR) is 95.6 cm³/mol. The molecule has 3 fully saturated rings. The molecule has 0 bridgehead atoms. The van der Waals surface area contributed by atoms with Crippen LogP contribution in [0.3, 0.4) is 0 Å². The Morgan fingerprint density at radius 3 is 2.52 bits per heavy atom. The quantitative estimate of drug-likeness (QED) is 0.438. The number of hydrogen-bond donors (Lipinski definition) is 3. The average molecular weight is 374 g/mol. The summed E-state index contributed by atoms with van der Waals surface area (Å²) in [7, 11) is 0. The summed E-state index contributed by atoms with van der Waals surface area (Å²) in [4.78, 5) is 39.9. The molecule has 2 heterocycles. The van der Waals surface area contributed by atoms with E-state index in [1.807, 2.05) is 0 Å². The topological polar surface area (TPSA) is 93.8 Å². The summed E-state index contributed by atoms with van der Waals surface area (Å²) in [5, 5.41) is 8.91. The number of nitrogens with one attached hydrogen (secondary N) is 3. The number of carbonyl (C=O) groups is 3. The van der Waals surface area contributed by atoms with Crippen molar-refractivity contribution < 1.29 is 14.4 Å². The molecule has 4 amide bonds. The molecule has 1 aliphatic carbocycles. The lowest BCUT2D eigenvalue weighted by atomic mass is 9.98. The van der Waals surface area contributed by atoms with Gasteiger partial charge in [-0.25, -0.2) is 4.79 Å². The minimum absolute atomic E-state index is 0. The number of urea groups is 1. The highest BCUT2D eigenvalue weighted by Gasteiger charge is 2.52. The van der Waals surface area contributed by atoms with Crippen molar-refractivity contribution >= 4 is 30.3 Å². The second-order valence-corrected chi connectivity index (χ2v) is 6.91. The van der Waals surface area contributed by atoms with Gasteiger partial charge in [-0.1, -0.05) is 12.8 Å². The van der Waals surface area contributed by atoms with Crippen LogP contribution in [0.4, 0.5) is 4.79 Å². The molecule has 0 aromatic heterocycles. The van der Waals surface area contributed by atoms with Crippen LogP contribution in [0.1, 0.15) is 32.1 Å². The molecule has 3 N–H and O–H groups in total. The number of hydrogen-bond acceptors (Lipinski definition) is 5. The molecule has 9 heteroatoms. The van der Waals surface area contributed by atoms with E-state index in [2.05, 4.69) is 20.9 Å². The van der Waals surface area contributed by atoms with Crippen molar-refractivity contribution in [3.8, 4) is 0 Å². The molecular weight excluding hydrogens is 346 g/mol. The predicted octanol–water partition coefficient (Wildman–Crippen LogP) is -0.316. The Bertz CT molecular complexity index is 504. The van der Waals surface area contributed by atoms with Gasteiger partial charge < -0.3 is 20.9 Å². The molecule has 0 radical (unpaired) electrons. The van der Waals surface area contributed by atoms with E-state index in [1.165, 1.54) is 0 Å². The standard InChI is InChI=1S/C16H27N5O3.ClH/c22-13(18-6-3-9-20-10-7-17-8-11-20)12-21-14(23)16(19-15(21)24)4-1-2-5-16;/h17H,1-12H2,(H,18,22)(H,19,24);1H. The van der Waals surface area contributed by atoms with Gasteiger partial charge in [-0.15, -0.1) is 12.4 Å². The third kappa shape index (κ3) is 4.62. The van der Waals surface area contributed by atoms with Crippen LogP contribution in [0.15, 0.2) is 0 Å². The van der Waals surface area contributed by atoms with E-state index in [-0.39, 0.29) is 30.8 Å². The van der Waals surface area contributed by atoms with Gasteiger partial charge in [0.05, 0.1) is 0 Å². The van der Waals surface area contributed by atoms with Crippen LogP contribution in [0, 0.1) is 0 Å². The van der Waals surface area contributed by atoms with Crippen LogP contribution in [-0.2, 0) is 9.59 Å². The van der Waals surface area contributed by atoms with Crippen LogP contribution in [0.5, 0.6) is 0 Å². The van der Waals surface area contributed by atoms with Crippen molar-refractivity contribution in [2.24, 2.45) is 0 Å². The normalized spacial score (nSPS) is 22.8. The van der Waals surface area contributed by atoms with Crippen LogP contribution < -0.4 is 16.0 Å². The fraction of sp³-hybridized carbons (Fsp3) is 0.812. The molecule has 0 aromatic rings. The number of amides is 4.